The number of nitrogens with zero attached hydrogens (tertiary/aromatic N) is 1. The van der Waals surface area contributed by atoms with Gasteiger partial charge in [-0.15, -0.1) is 0 Å². The van der Waals surface area contributed by atoms with Gasteiger partial charge in [0.05, 0.1) is 12.7 Å². The van der Waals surface area contributed by atoms with Crippen LogP contribution in [0.5, 0.6) is 0 Å². The van der Waals surface area contributed by atoms with Gasteiger partial charge >= 0.3 is 0 Å². The van der Waals surface area contributed by atoms with Gasteiger partial charge in [-0.1, -0.05) is 36.2 Å². The van der Waals surface area contributed by atoms with Crippen molar-refractivity contribution in [2.45, 2.75) is 51.7 Å². The van der Waals surface area contributed by atoms with Gasteiger partial charge < -0.3 is 9.64 Å². The molecule has 1 aromatic carbocycles. The molecule has 2 aliphatic rings. The summed E-state index contributed by atoms with van der Waals surface area (Å²) in [7, 11) is 0. The molecule has 1 aliphatic heterocycles. The molecule has 1 unspecified atom stereocenters. The predicted molar refractivity (Wildman–Crippen MR) is 82.9 cm³/mol. The standard InChI is InChI=1S/C18H25NO2/c1-14-5-2-6-15(11-14)13-21-17-9-4-10-19(12-17)18(20)16-7-3-8-16/h2,5-6,11,16-17H,3-4,7-10,12-13H2,1H3. The monoisotopic (exact) mass is 287 g/mol. The number of amides is 1. The summed E-state index contributed by atoms with van der Waals surface area (Å²) in [4.78, 5) is 14.4. The lowest BCUT2D eigenvalue weighted by Gasteiger charge is -2.37. The molecule has 0 spiro atoms. The minimum atomic E-state index is 0.197. The molecule has 1 amide bonds. The summed E-state index contributed by atoms with van der Waals surface area (Å²) in [5.74, 6) is 0.672. The fraction of sp³-hybridized carbons (Fsp3) is 0.611. The van der Waals surface area contributed by atoms with Gasteiger partial charge in [0.15, 0.2) is 0 Å². The zero-order valence-electron chi connectivity index (χ0n) is 12.9. The summed E-state index contributed by atoms with van der Waals surface area (Å²) < 4.78 is 6.04. The lowest BCUT2D eigenvalue weighted by molar-refractivity contribution is -0.142. The first-order valence-electron chi connectivity index (χ1n) is 8.18. The Balaban J connectivity index is 1.50. The minimum Gasteiger partial charge on any atom is -0.372 e. The number of piperidine rings is 1. The van der Waals surface area contributed by atoms with Crippen LogP contribution in [0.25, 0.3) is 0 Å². The van der Waals surface area contributed by atoms with E-state index in [9.17, 15) is 4.79 Å². The second-order valence-electron chi connectivity index (χ2n) is 6.48. The first kappa shape index (κ1) is 14.6. The highest BCUT2D eigenvalue weighted by molar-refractivity contribution is 5.79. The second kappa shape index (κ2) is 6.61. The van der Waals surface area contributed by atoms with E-state index in [0.717, 1.165) is 38.8 Å². The summed E-state index contributed by atoms with van der Waals surface area (Å²) in [6.07, 6.45) is 5.73. The van der Waals surface area contributed by atoms with Crippen LogP contribution in [-0.2, 0) is 16.1 Å². The van der Waals surface area contributed by atoms with Crippen molar-refractivity contribution in [3.63, 3.8) is 0 Å². The third kappa shape index (κ3) is 3.65. The largest absolute Gasteiger partial charge is 0.372 e. The maximum atomic E-state index is 12.3. The Hall–Kier alpha value is -1.35. The molecule has 114 valence electrons. The molecule has 1 saturated heterocycles. The van der Waals surface area contributed by atoms with Gasteiger partial charge in [0.1, 0.15) is 0 Å². The normalized spacial score (nSPS) is 22.9. The van der Waals surface area contributed by atoms with E-state index in [1.54, 1.807) is 0 Å². The molecule has 3 rings (SSSR count). The number of likely N-dealkylation sites (tertiary alicyclic amines) is 1. The number of carbonyl (C=O) groups is 1. The highest BCUT2D eigenvalue weighted by Gasteiger charge is 2.32. The molecule has 3 nitrogen and oxygen atoms in total. The van der Waals surface area contributed by atoms with Crippen LogP contribution in [0, 0.1) is 12.8 Å². The van der Waals surface area contributed by atoms with Crippen molar-refractivity contribution >= 4 is 5.91 Å². The number of hydrogen-bond donors (Lipinski definition) is 0. The Morgan fingerprint density at radius 2 is 2.14 bits per heavy atom. The van der Waals surface area contributed by atoms with Crippen LogP contribution >= 0.6 is 0 Å². The Morgan fingerprint density at radius 1 is 1.29 bits per heavy atom. The maximum absolute atomic E-state index is 12.3. The smallest absolute Gasteiger partial charge is 0.225 e. The van der Waals surface area contributed by atoms with Crippen LogP contribution in [0.1, 0.15) is 43.2 Å². The zero-order chi connectivity index (χ0) is 14.7. The first-order chi connectivity index (χ1) is 10.2. The molecule has 0 N–H and O–H groups in total. The van der Waals surface area contributed by atoms with Gasteiger partial charge in [-0.25, -0.2) is 0 Å². The van der Waals surface area contributed by atoms with Crippen molar-refractivity contribution in [3.05, 3.63) is 35.4 Å². The first-order valence-corrected chi connectivity index (χ1v) is 8.18. The molecular formula is C18H25NO2. The third-order valence-electron chi connectivity index (χ3n) is 4.71. The van der Waals surface area contributed by atoms with Gasteiger partial charge in [-0.05, 0) is 38.2 Å². The molecule has 1 aromatic rings. The van der Waals surface area contributed by atoms with Gasteiger partial charge in [-0.2, -0.15) is 0 Å². The number of benzene rings is 1. The molecule has 3 heteroatoms. The van der Waals surface area contributed by atoms with Crippen molar-refractivity contribution in [1.82, 2.24) is 4.90 Å². The molecule has 1 saturated carbocycles. The molecule has 0 radical (unpaired) electrons. The van der Waals surface area contributed by atoms with Crippen molar-refractivity contribution in [2.75, 3.05) is 13.1 Å². The van der Waals surface area contributed by atoms with Crippen molar-refractivity contribution in [2.24, 2.45) is 5.92 Å². The van der Waals surface area contributed by atoms with Gasteiger partial charge in [0, 0.05) is 19.0 Å². The molecule has 0 bridgehead atoms. The average molecular weight is 287 g/mol. The summed E-state index contributed by atoms with van der Waals surface area (Å²) in [6.45, 7) is 4.45. The summed E-state index contributed by atoms with van der Waals surface area (Å²) in [5, 5.41) is 0. The Morgan fingerprint density at radius 3 is 2.86 bits per heavy atom. The van der Waals surface area contributed by atoms with Crippen LogP contribution in [0.15, 0.2) is 24.3 Å². The average Bonchev–Trinajstić information content (AvgIpc) is 2.44. The van der Waals surface area contributed by atoms with E-state index in [0.29, 0.717) is 18.4 Å². The molecule has 1 atom stereocenters. The summed E-state index contributed by atoms with van der Waals surface area (Å²) >= 11 is 0. The molecule has 2 fully saturated rings. The lowest BCUT2D eigenvalue weighted by Crippen LogP contribution is -2.46. The van der Waals surface area contributed by atoms with Crippen LogP contribution in [0.2, 0.25) is 0 Å². The Bertz CT molecular complexity index is 496. The lowest BCUT2D eigenvalue weighted by atomic mass is 9.84. The molecular weight excluding hydrogens is 262 g/mol. The number of ether oxygens (including phenoxy) is 1. The molecule has 1 heterocycles. The van der Waals surface area contributed by atoms with Gasteiger partial charge in [0.2, 0.25) is 5.91 Å². The van der Waals surface area contributed by atoms with Crippen LogP contribution in [0.4, 0.5) is 0 Å². The number of hydrogen-bond acceptors (Lipinski definition) is 2. The fourth-order valence-corrected chi connectivity index (χ4v) is 3.20. The number of carbonyl (C=O) groups excluding carboxylic acids is 1. The molecule has 1 aliphatic carbocycles. The van der Waals surface area contributed by atoms with Gasteiger partial charge in [-0.3, -0.25) is 4.79 Å². The summed E-state index contributed by atoms with van der Waals surface area (Å²) in [5.41, 5.74) is 2.49. The molecule has 21 heavy (non-hydrogen) atoms. The Kier molecular flexibility index (Phi) is 4.59. The van der Waals surface area contributed by atoms with E-state index in [1.165, 1.54) is 17.5 Å². The fourth-order valence-electron chi connectivity index (χ4n) is 3.20. The van der Waals surface area contributed by atoms with E-state index in [2.05, 4.69) is 31.2 Å². The minimum absolute atomic E-state index is 0.197. The topological polar surface area (TPSA) is 29.5 Å². The zero-order valence-corrected chi connectivity index (χ0v) is 12.9. The SMILES string of the molecule is Cc1cccc(COC2CCCN(C(=O)C3CCC3)C2)c1. The van der Waals surface area contributed by atoms with Crippen molar-refractivity contribution in [3.8, 4) is 0 Å². The number of rotatable bonds is 4. The van der Waals surface area contributed by atoms with Crippen molar-refractivity contribution < 1.29 is 9.53 Å². The van der Waals surface area contributed by atoms with Crippen LogP contribution in [-0.4, -0.2) is 30.0 Å². The van der Waals surface area contributed by atoms with E-state index < -0.39 is 0 Å². The van der Waals surface area contributed by atoms with Crippen molar-refractivity contribution in [1.29, 1.82) is 0 Å². The second-order valence-corrected chi connectivity index (χ2v) is 6.48. The van der Waals surface area contributed by atoms with Gasteiger partial charge in [0.25, 0.3) is 0 Å². The van der Waals surface area contributed by atoms with E-state index in [1.807, 2.05) is 4.90 Å². The van der Waals surface area contributed by atoms with Crippen LogP contribution in [0.3, 0.4) is 0 Å². The van der Waals surface area contributed by atoms with E-state index in [-0.39, 0.29) is 6.10 Å². The highest BCUT2D eigenvalue weighted by atomic mass is 16.5. The van der Waals surface area contributed by atoms with E-state index in [4.69, 9.17) is 4.74 Å². The maximum Gasteiger partial charge on any atom is 0.225 e. The Labute approximate surface area is 127 Å². The summed E-state index contributed by atoms with van der Waals surface area (Å²) in [6, 6.07) is 8.44. The van der Waals surface area contributed by atoms with E-state index >= 15 is 0 Å². The number of aryl methyl sites for hydroxylation is 1. The quantitative estimate of drug-likeness (QED) is 0.850. The predicted octanol–water partition coefficient (Wildman–Crippen LogP) is 3.30. The van der Waals surface area contributed by atoms with Crippen LogP contribution < -0.4 is 0 Å². The molecule has 0 aromatic heterocycles. The third-order valence-corrected chi connectivity index (χ3v) is 4.71. The highest BCUT2D eigenvalue weighted by Crippen LogP contribution is 2.29.